The average molecular weight is 351 g/mol. The Hall–Kier alpha value is -0.780. The van der Waals surface area contributed by atoms with E-state index in [0.29, 0.717) is 5.92 Å². The summed E-state index contributed by atoms with van der Waals surface area (Å²) in [5.74, 6) is 0.538. The van der Waals surface area contributed by atoms with Crippen molar-refractivity contribution in [1.29, 1.82) is 0 Å². The fourth-order valence-corrected chi connectivity index (χ4v) is 2.85. The van der Waals surface area contributed by atoms with Gasteiger partial charge in [-0.05, 0) is 37.7 Å². The molecule has 0 saturated carbocycles. The Morgan fingerprint density at radius 1 is 1.45 bits per heavy atom. The molecule has 5 nitrogen and oxygen atoms in total. The van der Waals surface area contributed by atoms with Gasteiger partial charge in [-0.15, -0.1) is 24.8 Å². The summed E-state index contributed by atoms with van der Waals surface area (Å²) >= 11 is 0. The minimum absolute atomic E-state index is 0. The molecule has 22 heavy (non-hydrogen) atoms. The van der Waals surface area contributed by atoms with Gasteiger partial charge in [0.05, 0.1) is 18.3 Å². The molecule has 0 radical (unpaired) electrons. The molecule has 0 spiro atoms. The Morgan fingerprint density at radius 3 is 2.68 bits per heavy atom. The van der Waals surface area contributed by atoms with Crippen molar-refractivity contribution in [3.63, 3.8) is 0 Å². The maximum absolute atomic E-state index is 12.4. The van der Waals surface area contributed by atoms with Gasteiger partial charge in [0.2, 0.25) is 5.91 Å². The summed E-state index contributed by atoms with van der Waals surface area (Å²) in [6.07, 6.45) is 6.76. The van der Waals surface area contributed by atoms with Crippen molar-refractivity contribution in [2.75, 3.05) is 13.1 Å². The predicted octanol–water partition coefficient (Wildman–Crippen LogP) is 2.57. The van der Waals surface area contributed by atoms with Crippen LogP contribution in [0.1, 0.15) is 44.7 Å². The summed E-state index contributed by atoms with van der Waals surface area (Å²) in [5.41, 5.74) is 7.18. The third-order valence-electron chi connectivity index (χ3n) is 3.86. The second-order valence-corrected chi connectivity index (χ2v) is 6.31. The number of likely N-dealkylation sites (tertiary alicyclic amines) is 1. The van der Waals surface area contributed by atoms with Gasteiger partial charge in [0.15, 0.2) is 0 Å². The number of aromatic nitrogens is 2. The number of piperidine rings is 1. The highest BCUT2D eigenvalue weighted by Crippen LogP contribution is 2.22. The van der Waals surface area contributed by atoms with E-state index in [1.165, 1.54) is 0 Å². The van der Waals surface area contributed by atoms with Crippen molar-refractivity contribution < 1.29 is 4.79 Å². The molecule has 1 amide bonds. The van der Waals surface area contributed by atoms with Crippen LogP contribution in [0.4, 0.5) is 0 Å². The predicted molar refractivity (Wildman–Crippen MR) is 93.7 cm³/mol. The van der Waals surface area contributed by atoms with Crippen LogP contribution in [-0.2, 0) is 4.79 Å². The van der Waals surface area contributed by atoms with Crippen LogP contribution in [-0.4, -0.2) is 39.7 Å². The second kappa shape index (κ2) is 9.38. The molecular formula is C15H28Cl2N4O. The van der Waals surface area contributed by atoms with E-state index in [1.807, 2.05) is 28.9 Å². The van der Waals surface area contributed by atoms with Crippen LogP contribution in [0.3, 0.4) is 0 Å². The van der Waals surface area contributed by atoms with E-state index in [2.05, 4.69) is 18.9 Å². The first kappa shape index (κ1) is 21.2. The summed E-state index contributed by atoms with van der Waals surface area (Å²) in [5, 5.41) is 4.37. The van der Waals surface area contributed by atoms with E-state index in [-0.39, 0.29) is 42.8 Å². The van der Waals surface area contributed by atoms with Crippen LogP contribution in [0.25, 0.3) is 0 Å². The molecule has 1 aromatic heterocycles. The molecule has 1 fully saturated rings. The highest BCUT2D eigenvalue weighted by molar-refractivity contribution is 5.85. The molecule has 2 heterocycles. The third kappa shape index (κ3) is 5.45. The minimum atomic E-state index is -0.367. The third-order valence-corrected chi connectivity index (χ3v) is 3.86. The van der Waals surface area contributed by atoms with Crippen molar-refractivity contribution >= 4 is 30.7 Å². The summed E-state index contributed by atoms with van der Waals surface area (Å²) in [6.45, 7) is 7.78. The van der Waals surface area contributed by atoms with Gasteiger partial charge < -0.3 is 10.6 Å². The van der Waals surface area contributed by atoms with Gasteiger partial charge in [-0.25, -0.2) is 0 Å². The van der Waals surface area contributed by atoms with E-state index in [9.17, 15) is 4.79 Å². The molecule has 1 aliphatic rings. The average Bonchev–Trinajstić information content (AvgIpc) is 2.84. The molecule has 0 aromatic carbocycles. The number of amides is 1. The van der Waals surface area contributed by atoms with Crippen molar-refractivity contribution in [3.8, 4) is 0 Å². The van der Waals surface area contributed by atoms with Gasteiger partial charge in [-0.3, -0.25) is 9.48 Å². The number of nitrogens with zero attached hydrogens (tertiary/aromatic N) is 3. The largest absolute Gasteiger partial charge is 0.339 e. The van der Waals surface area contributed by atoms with E-state index >= 15 is 0 Å². The number of aryl methyl sites for hydroxylation is 1. The van der Waals surface area contributed by atoms with Crippen LogP contribution in [0.2, 0.25) is 0 Å². The Labute approximate surface area is 145 Å². The van der Waals surface area contributed by atoms with Gasteiger partial charge in [-0.2, -0.15) is 5.10 Å². The maximum Gasteiger partial charge on any atom is 0.239 e. The number of hydrogen-bond acceptors (Lipinski definition) is 3. The molecule has 2 rings (SSSR count). The van der Waals surface area contributed by atoms with Crippen LogP contribution in [0, 0.1) is 12.8 Å². The fourth-order valence-electron chi connectivity index (χ4n) is 2.85. The van der Waals surface area contributed by atoms with E-state index in [4.69, 9.17) is 5.73 Å². The molecular weight excluding hydrogens is 323 g/mol. The Bertz CT molecular complexity index is 464. The van der Waals surface area contributed by atoms with Crippen molar-refractivity contribution in [2.45, 2.75) is 52.1 Å². The lowest BCUT2D eigenvalue weighted by Gasteiger charge is -2.34. The molecule has 2 atom stereocenters. The van der Waals surface area contributed by atoms with E-state index < -0.39 is 0 Å². The fraction of sp³-hybridized carbons (Fsp3) is 0.733. The maximum atomic E-state index is 12.4. The number of carbonyl (C=O) groups is 1. The number of halogens is 2. The van der Waals surface area contributed by atoms with Gasteiger partial charge in [0, 0.05) is 19.3 Å². The van der Waals surface area contributed by atoms with Crippen molar-refractivity contribution in [1.82, 2.24) is 14.7 Å². The van der Waals surface area contributed by atoms with E-state index in [0.717, 1.165) is 37.9 Å². The van der Waals surface area contributed by atoms with E-state index in [1.54, 1.807) is 0 Å². The lowest BCUT2D eigenvalue weighted by molar-refractivity contribution is -0.134. The zero-order valence-corrected chi connectivity index (χ0v) is 15.2. The highest BCUT2D eigenvalue weighted by atomic mass is 35.5. The zero-order valence-electron chi connectivity index (χ0n) is 13.6. The lowest BCUT2D eigenvalue weighted by atomic mass is 10.0. The molecule has 128 valence electrons. The van der Waals surface area contributed by atoms with Gasteiger partial charge >= 0.3 is 0 Å². The molecule has 7 heteroatoms. The topological polar surface area (TPSA) is 64.2 Å². The summed E-state index contributed by atoms with van der Waals surface area (Å²) in [4.78, 5) is 14.3. The van der Waals surface area contributed by atoms with Crippen LogP contribution < -0.4 is 5.73 Å². The molecule has 2 N–H and O–H groups in total. The smallest absolute Gasteiger partial charge is 0.239 e. The van der Waals surface area contributed by atoms with Crippen LogP contribution in [0.5, 0.6) is 0 Å². The van der Waals surface area contributed by atoms with Gasteiger partial charge in [-0.1, -0.05) is 13.8 Å². The molecule has 1 aromatic rings. The molecule has 1 aliphatic heterocycles. The molecule has 1 unspecified atom stereocenters. The number of hydrogen-bond donors (Lipinski definition) is 1. The summed E-state index contributed by atoms with van der Waals surface area (Å²) < 4.78 is 1.99. The summed E-state index contributed by atoms with van der Waals surface area (Å²) in [6, 6.07) is -0.0826. The first-order valence-electron chi connectivity index (χ1n) is 7.52. The van der Waals surface area contributed by atoms with Crippen LogP contribution >= 0.6 is 24.8 Å². The Morgan fingerprint density at radius 2 is 2.14 bits per heavy atom. The van der Waals surface area contributed by atoms with Crippen LogP contribution in [0.15, 0.2) is 12.4 Å². The first-order chi connectivity index (χ1) is 9.47. The number of rotatable bonds is 4. The zero-order chi connectivity index (χ0) is 14.7. The minimum Gasteiger partial charge on any atom is -0.339 e. The highest BCUT2D eigenvalue weighted by Gasteiger charge is 2.28. The normalized spacial score (nSPS) is 19.3. The second-order valence-electron chi connectivity index (χ2n) is 6.31. The number of carbonyl (C=O) groups excluding carboxylic acids is 1. The lowest BCUT2D eigenvalue weighted by Crippen LogP contribution is -2.48. The Balaban J connectivity index is 0.00000220. The SMILES string of the molecule is Cc1cnn(C2CCCN(C(=O)[C@@H](N)CC(C)C)C2)c1.Cl.Cl. The summed E-state index contributed by atoms with van der Waals surface area (Å²) in [7, 11) is 0. The van der Waals surface area contributed by atoms with Gasteiger partial charge in [0.25, 0.3) is 0 Å². The molecule has 0 bridgehead atoms. The Kier molecular flexibility index (Phi) is 9.05. The molecule has 1 saturated heterocycles. The molecule has 0 aliphatic carbocycles. The first-order valence-corrected chi connectivity index (χ1v) is 7.52. The standard InChI is InChI=1S/C15H26N4O.2ClH/c1-11(2)7-14(16)15(20)18-6-4-5-13(10-18)19-9-12(3)8-17-19;;/h8-9,11,13-14H,4-7,10,16H2,1-3H3;2*1H/t13?,14-;;/m0../s1. The van der Waals surface area contributed by atoms with Crippen molar-refractivity contribution in [2.24, 2.45) is 11.7 Å². The quantitative estimate of drug-likeness (QED) is 0.907. The van der Waals surface area contributed by atoms with Crippen molar-refractivity contribution in [3.05, 3.63) is 18.0 Å². The number of nitrogens with two attached hydrogens (primary N) is 1. The monoisotopic (exact) mass is 350 g/mol. The van der Waals surface area contributed by atoms with Gasteiger partial charge in [0.1, 0.15) is 0 Å².